The molecular formula is C25H34ClN7O2Si. The zero-order chi connectivity index (χ0) is 25.7. The Morgan fingerprint density at radius 2 is 2.11 bits per heavy atom. The number of carbonyl (C=O) groups excluding carboxylic acids is 1. The van der Waals surface area contributed by atoms with Gasteiger partial charge in [-0.25, -0.2) is 9.97 Å². The monoisotopic (exact) mass is 527 g/mol. The molecule has 3 aromatic rings. The van der Waals surface area contributed by atoms with E-state index in [0.717, 1.165) is 49.4 Å². The van der Waals surface area contributed by atoms with Crippen molar-refractivity contribution in [3.05, 3.63) is 24.8 Å². The van der Waals surface area contributed by atoms with E-state index in [1.807, 2.05) is 27.7 Å². The zero-order valence-corrected chi connectivity index (χ0v) is 23.0. The Labute approximate surface area is 217 Å². The lowest BCUT2D eigenvalue weighted by Crippen LogP contribution is -2.22. The van der Waals surface area contributed by atoms with E-state index >= 15 is 0 Å². The van der Waals surface area contributed by atoms with Crippen molar-refractivity contribution < 1.29 is 9.53 Å². The first-order valence-electron chi connectivity index (χ1n) is 12.5. The summed E-state index contributed by atoms with van der Waals surface area (Å²) in [6.07, 6.45) is 10.2. The SMILES string of the molecule is C[Si](C)(C)CCOCn1ccc2c(-c3cn(C(CC#N)C4CCCC4)nc3NC(=O)CCl)ncnc21. The van der Waals surface area contributed by atoms with Crippen LogP contribution in [0.1, 0.15) is 38.1 Å². The molecule has 0 radical (unpaired) electrons. The summed E-state index contributed by atoms with van der Waals surface area (Å²) in [5, 5.41) is 17.9. The standard InChI is InChI=1S/C25H34ClN7O2Si/c1-36(2,3)13-12-35-17-32-11-9-19-23(28-16-29-25(19)32)20-15-33(31-24(20)30-22(34)14-26)21(8-10-27)18-6-4-5-7-18/h9,11,15-16,18,21H,4-8,12-14,17H2,1-3H3,(H,30,31,34). The summed E-state index contributed by atoms with van der Waals surface area (Å²) in [7, 11) is -1.17. The van der Waals surface area contributed by atoms with E-state index in [0.29, 0.717) is 36.1 Å². The van der Waals surface area contributed by atoms with E-state index < -0.39 is 8.07 Å². The molecule has 1 unspecified atom stereocenters. The van der Waals surface area contributed by atoms with Crippen molar-refractivity contribution in [1.29, 1.82) is 5.26 Å². The molecule has 1 atom stereocenters. The number of hydrogen-bond donors (Lipinski definition) is 1. The summed E-state index contributed by atoms with van der Waals surface area (Å²) in [5.74, 6) is 0.245. The number of fused-ring (bicyclic) bond motifs is 1. The quantitative estimate of drug-likeness (QED) is 0.202. The third-order valence-electron chi connectivity index (χ3n) is 6.73. The number of nitrogens with one attached hydrogen (secondary N) is 1. The topological polar surface area (TPSA) is 111 Å². The second-order valence-electron chi connectivity index (χ2n) is 10.6. The number of alkyl halides is 1. The largest absolute Gasteiger partial charge is 0.361 e. The first-order chi connectivity index (χ1) is 17.3. The van der Waals surface area contributed by atoms with Gasteiger partial charge in [0.05, 0.1) is 29.8 Å². The fraction of sp³-hybridized carbons (Fsp3) is 0.560. The molecule has 1 fully saturated rings. The van der Waals surface area contributed by atoms with E-state index in [-0.39, 0.29) is 17.8 Å². The second kappa shape index (κ2) is 11.5. The Hall–Kier alpha value is -2.74. The van der Waals surface area contributed by atoms with Crippen molar-refractivity contribution in [2.24, 2.45) is 5.92 Å². The first-order valence-corrected chi connectivity index (χ1v) is 16.7. The van der Waals surface area contributed by atoms with Crippen LogP contribution >= 0.6 is 11.6 Å². The number of rotatable bonds is 11. The van der Waals surface area contributed by atoms with E-state index in [4.69, 9.17) is 21.4 Å². The Kier molecular flexibility index (Phi) is 8.44. The van der Waals surface area contributed by atoms with Gasteiger partial charge in [-0.05, 0) is 30.9 Å². The molecule has 1 saturated carbocycles. The number of nitrogens with zero attached hydrogens (tertiary/aromatic N) is 6. The maximum Gasteiger partial charge on any atom is 0.240 e. The highest BCUT2D eigenvalue weighted by Gasteiger charge is 2.29. The van der Waals surface area contributed by atoms with Crippen LogP contribution in [-0.2, 0) is 16.3 Å². The highest BCUT2D eigenvalue weighted by molar-refractivity contribution is 6.76. The van der Waals surface area contributed by atoms with E-state index in [2.05, 4.69) is 41.0 Å². The Morgan fingerprint density at radius 3 is 2.81 bits per heavy atom. The number of ether oxygens (including phenoxy) is 1. The third-order valence-corrected chi connectivity index (χ3v) is 8.68. The van der Waals surface area contributed by atoms with Crippen molar-refractivity contribution >= 4 is 42.4 Å². The maximum absolute atomic E-state index is 12.2. The van der Waals surface area contributed by atoms with Crippen LogP contribution in [0.25, 0.3) is 22.3 Å². The van der Waals surface area contributed by atoms with Gasteiger partial charge in [0, 0.05) is 32.5 Å². The molecule has 192 valence electrons. The summed E-state index contributed by atoms with van der Waals surface area (Å²) in [5.41, 5.74) is 2.10. The molecule has 11 heteroatoms. The van der Waals surface area contributed by atoms with Crippen LogP contribution < -0.4 is 5.32 Å². The second-order valence-corrected chi connectivity index (χ2v) is 16.5. The van der Waals surface area contributed by atoms with Gasteiger partial charge in [0.25, 0.3) is 0 Å². The third kappa shape index (κ3) is 6.14. The Morgan fingerprint density at radius 1 is 1.33 bits per heavy atom. The van der Waals surface area contributed by atoms with Crippen LogP contribution in [0.2, 0.25) is 25.7 Å². The Balaban J connectivity index is 1.68. The summed E-state index contributed by atoms with van der Waals surface area (Å²) in [6.45, 7) is 8.11. The number of anilines is 1. The van der Waals surface area contributed by atoms with E-state index in [1.165, 1.54) is 6.33 Å². The number of nitriles is 1. The number of amides is 1. The average Bonchev–Trinajstić information content (AvgIpc) is 3.60. The average molecular weight is 528 g/mol. The maximum atomic E-state index is 12.2. The van der Waals surface area contributed by atoms with Gasteiger partial charge in [0.2, 0.25) is 5.91 Å². The number of hydrogen-bond acceptors (Lipinski definition) is 6. The molecule has 1 aliphatic rings. The van der Waals surface area contributed by atoms with Crippen molar-refractivity contribution in [3.8, 4) is 17.3 Å². The predicted molar refractivity (Wildman–Crippen MR) is 143 cm³/mol. The number of carbonyl (C=O) groups is 1. The molecule has 1 aliphatic carbocycles. The minimum atomic E-state index is -1.17. The Bertz CT molecular complexity index is 1240. The molecule has 1 N–H and O–H groups in total. The summed E-state index contributed by atoms with van der Waals surface area (Å²) in [6, 6.07) is 5.32. The molecule has 0 bridgehead atoms. The van der Waals surface area contributed by atoms with Crippen LogP contribution in [0.5, 0.6) is 0 Å². The lowest BCUT2D eigenvalue weighted by atomic mass is 9.96. The summed E-state index contributed by atoms with van der Waals surface area (Å²) in [4.78, 5) is 21.3. The summed E-state index contributed by atoms with van der Waals surface area (Å²) >= 11 is 5.78. The van der Waals surface area contributed by atoms with Gasteiger partial charge >= 0.3 is 0 Å². The van der Waals surface area contributed by atoms with Crippen LogP contribution in [0.3, 0.4) is 0 Å². The van der Waals surface area contributed by atoms with E-state index in [9.17, 15) is 10.1 Å². The molecule has 0 aromatic carbocycles. The molecule has 3 aromatic heterocycles. The molecule has 1 amide bonds. The van der Waals surface area contributed by atoms with Crippen LogP contribution in [0.4, 0.5) is 5.82 Å². The lowest BCUT2D eigenvalue weighted by Gasteiger charge is -2.21. The predicted octanol–water partition coefficient (Wildman–Crippen LogP) is 5.43. The minimum absolute atomic E-state index is 0.0559. The highest BCUT2D eigenvalue weighted by atomic mass is 35.5. The molecule has 0 aliphatic heterocycles. The van der Waals surface area contributed by atoms with Crippen molar-refractivity contribution in [1.82, 2.24) is 24.3 Å². The highest BCUT2D eigenvalue weighted by Crippen LogP contribution is 2.38. The lowest BCUT2D eigenvalue weighted by molar-refractivity contribution is -0.113. The van der Waals surface area contributed by atoms with Crippen LogP contribution in [0.15, 0.2) is 24.8 Å². The van der Waals surface area contributed by atoms with Crippen molar-refractivity contribution in [2.45, 2.75) is 70.6 Å². The van der Waals surface area contributed by atoms with Gasteiger partial charge in [-0.2, -0.15) is 10.4 Å². The molecular weight excluding hydrogens is 494 g/mol. The molecule has 4 rings (SSSR count). The normalized spacial score (nSPS) is 15.3. The smallest absolute Gasteiger partial charge is 0.240 e. The van der Waals surface area contributed by atoms with Gasteiger partial charge in [0.15, 0.2) is 5.82 Å². The summed E-state index contributed by atoms with van der Waals surface area (Å²) < 4.78 is 9.73. The zero-order valence-electron chi connectivity index (χ0n) is 21.2. The minimum Gasteiger partial charge on any atom is -0.361 e. The van der Waals surface area contributed by atoms with Crippen molar-refractivity contribution in [2.75, 3.05) is 17.8 Å². The van der Waals surface area contributed by atoms with Crippen LogP contribution in [0, 0.1) is 17.2 Å². The van der Waals surface area contributed by atoms with Gasteiger partial charge in [-0.15, -0.1) is 11.6 Å². The number of aromatic nitrogens is 5. The fourth-order valence-corrected chi connectivity index (χ4v) is 5.59. The van der Waals surface area contributed by atoms with Gasteiger partial charge < -0.3 is 14.6 Å². The number of halogens is 1. The van der Waals surface area contributed by atoms with Gasteiger partial charge in [0.1, 0.15) is 24.6 Å². The van der Waals surface area contributed by atoms with Gasteiger partial charge in [-0.1, -0.05) is 32.5 Å². The molecule has 3 heterocycles. The molecule has 36 heavy (non-hydrogen) atoms. The van der Waals surface area contributed by atoms with Gasteiger partial charge in [-0.3, -0.25) is 9.48 Å². The van der Waals surface area contributed by atoms with Crippen molar-refractivity contribution in [3.63, 3.8) is 0 Å². The molecule has 9 nitrogen and oxygen atoms in total. The fourth-order valence-electron chi connectivity index (χ4n) is 4.77. The molecule has 0 saturated heterocycles. The van der Waals surface area contributed by atoms with Crippen LogP contribution in [-0.4, -0.2) is 50.8 Å². The van der Waals surface area contributed by atoms with E-state index in [1.54, 1.807) is 0 Å². The molecule has 0 spiro atoms. The first kappa shape index (κ1) is 26.3.